The predicted molar refractivity (Wildman–Crippen MR) is 77.4 cm³/mol. The van der Waals surface area contributed by atoms with E-state index in [0.29, 0.717) is 11.3 Å². The standard InChI is InChI=1S/C14H14N4O4/c1-18-12(19)8-7-11(17-18)14(21)16-15-13(20)9-3-5-10(22-2)6-4-9/h3-8H,1-2H3,(H,15,20)(H,16,21). The van der Waals surface area contributed by atoms with Crippen molar-refractivity contribution in [3.05, 3.63) is 58.0 Å². The molecular formula is C14H14N4O4. The normalized spacial score (nSPS) is 9.91. The number of carbonyl (C=O) groups excluding carboxylic acids is 2. The largest absolute Gasteiger partial charge is 0.497 e. The molecular weight excluding hydrogens is 288 g/mol. The number of hydrogen-bond acceptors (Lipinski definition) is 5. The van der Waals surface area contributed by atoms with Crippen molar-refractivity contribution in [3.63, 3.8) is 0 Å². The van der Waals surface area contributed by atoms with Gasteiger partial charge in [0.1, 0.15) is 5.75 Å². The van der Waals surface area contributed by atoms with E-state index in [1.165, 1.54) is 26.3 Å². The summed E-state index contributed by atoms with van der Waals surface area (Å²) >= 11 is 0. The lowest BCUT2D eigenvalue weighted by Gasteiger charge is -2.08. The molecule has 0 saturated carbocycles. The molecule has 0 radical (unpaired) electrons. The van der Waals surface area contributed by atoms with Gasteiger partial charge in [-0.1, -0.05) is 0 Å². The number of rotatable bonds is 3. The Hall–Kier alpha value is -3.16. The lowest BCUT2D eigenvalue weighted by atomic mass is 10.2. The molecule has 114 valence electrons. The Morgan fingerprint density at radius 2 is 1.68 bits per heavy atom. The van der Waals surface area contributed by atoms with Crippen LogP contribution >= 0.6 is 0 Å². The van der Waals surface area contributed by atoms with E-state index < -0.39 is 11.8 Å². The third-order valence-electron chi connectivity index (χ3n) is 2.83. The van der Waals surface area contributed by atoms with Crippen molar-refractivity contribution in [1.82, 2.24) is 20.6 Å². The van der Waals surface area contributed by atoms with Gasteiger partial charge in [-0.25, -0.2) is 4.68 Å². The molecule has 0 aliphatic carbocycles. The third kappa shape index (κ3) is 3.48. The second-order valence-electron chi connectivity index (χ2n) is 4.32. The number of hydrazine groups is 1. The van der Waals surface area contributed by atoms with Crippen LogP contribution in [0.1, 0.15) is 20.8 Å². The smallest absolute Gasteiger partial charge is 0.290 e. The van der Waals surface area contributed by atoms with Crippen LogP contribution in [-0.4, -0.2) is 28.7 Å². The first-order chi connectivity index (χ1) is 10.5. The molecule has 2 aromatic rings. The maximum absolute atomic E-state index is 11.9. The minimum atomic E-state index is -0.627. The molecule has 1 heterocycles. The number of hydrogen-bond donors (Lipinski definition) is 2. The molecule has 0 aliphatic rings. The van der Waals surface area contributed by atoms with E-state index in [1.807, 2.05) is 0 Å². The third-order valence-corrected chi connectivity index (χ3v) is 2.83. The van der Waals surface area contributed by atoms with Crippen LogP contribution in [0.5, 0.6) is 5.75 Å². The van der Waals surface area contributed by atoms with Gasteiger partial charge in [0.2, 0.25) is 0 Å². The molecule has 8 nitrogen and oxygen atoms in total. The Kier molecular flexibility index (Phi) is 4.52. The van der Waals surface area contributed by atoms with Gasteiger partial charge in [0.25, 0.3) is 17.4 Å². The van der Waals surface area contributed by atoms with Gasteiger partial charge < -0.3 is 4.74 Å². The highest BCUT2D eigenvalue weighted by atomic mass is 16.5. The van der Waals surface area contributed by atoms with Crippen LogP contribution in [0.25, 0.3) is 0 Å². The monoisotopic (exact) mass is 302 g/mol. The zero-order chi connectivity index (χ0) is 16.1. The van der Waals surface area contributed by atoms with E-state index >= 15 is 0 Å². The molecule has 22 heavy (non-hydrogen) atoms. The lowest BCUT2D eigenvalue weighted by Crippen LogP contribution is -2.42. The minimum Gasteiger partial charge on any atom is -0.497 e. The zero-order valence-corrected chi connectivity index (χ0v) is 12.0. The Bertz CT molecular complexity index is 752. The van der Waals surface area contributed by atoms with Crippen molar-refractivity contribution < 1.29 is 14.3 Å². The van der Waals surface area contributed by atoms with Crippen LogP contribution in [0.4, 0.5) is 0 Å². The number of nitrogens with one attached hydrogen (secondary N) is 2. The highest BCUT2D eigenvalue weighted by molar-refractivity contribution is 5.98. The fraction of sp³-hybridized carbons (Fsp3) is 0.143. The number of aromatic nitrogens is 2. The van der Waals surface area contributed by atoms with Crippen LogP contribution in [0, 0.1) is 0 Å². The molecule has 0 bridgehead atoms. The number of amides is 2. The summed E-state index contributed by atoms with van der Waals surface area (Å²) in [4.78, 5) is 34.9. The first-order valence-corrected chi connectivity index (χ1v) is 6.30. The first kappa shape index (κ1) is 15.2. The summed E-state index contributed by atoms with van der Waals surface area (Å²) < 4.78 is 6.02. The van der Waals surface area contributed by atoms with Crippen molar-refractivity contribution in [2.24, 2.45) is 7.05 Å². The number of ether oxygens (including phenoxy) is 1. The Balaban J connectivity index is 1.99. The molecule has 1 aromatic carbocycles. The maximum atomic E-state index is 11.9. The van der Waals surface area contributed by atoms with Gasteiger partial charge in [-0.3, -0.25) is 25.2 Å². The van der Waals surface area contributed by atoms with Crippen molar-refractivity contribution in [2.75, 3.05) is 7.11 Å². The molecule has 0 aliphatic heterocycles. The summed E-state index contributed by atoms with van der Waals surface area (Å²) in [6.07, 6.45) is 0. The summed E-state index contributed by atoms with van der Waals surface area (Å²) in [5.74, 6) is -0.492. The van der Waals surface area contributed by atoms with Crippen molar-refractivity contribution in [3.8, 4) is 5.75 Å². The van der Waals surface area contributed by atoms with E-state index in [-0.39, 0.29) is 11.3 Å². The molecule has 2 rings (SSSR count). The van der Waals surface area contributed by atoms with Gasteiger partial charge in [0, 0.05) is 18.7 Å². The van der Waals surface area contributed by atoms with Crippen LogP contribution in [0.2, 0.25) is 0 Å². The molecule has 0 atom stereocenters. The minimum absolute atomic E-state index is 0.0112. The quantitative estimate of drug-likeness (QED) is 0.769. The highest BCUT2D eigenvalue weighted by Crippen LogP contribution is 2.10. The number of benzene rings is 1. The second kappa shape index (κ2) is 6.53. The summed E-state index contributed by atoms with van der Waals surface area (Å²) in [5, 5.41) is 3.77. The van der Waals surface area contributed by atoms with E-state index in [0.717, 1.165) is 4.68 Å². The summed E-state index contributed by atoms with van der Waals surface area (Å²) in [5.41, 5.74) is 4.52. The van der Waals surface area contributed by atoms with E-state index in [2.05, 4.69) is 16.0 Å². The molecule has 0 fully saturated rings. The molecule has 2 N–H and O–H groups in total. The van der Waals surface area contributed by atoms with Crippen molar-refractivity contribution in [2.45, 2.75) is 0 Å². The Labute approximate surface area is 125 Å². The SMILES string of the molecule is COc1ccc(C(=O)NNC(=O)c2ccc(=O)n(C)n2)cc1. The van der Waals surface area contributed by atoms with Gasteiger partial charge in [0.15, 0.2) is 5.69 Å². The Morgan fingerprint density at radius 1 is 1.05 bits per heavy atom. The van der Waals surface area contributed by atoms with Gasteiger partial charge in [-0.15, -0.1) is 0 Å². The molecule has 2 amide bonds. The molecule has 0 saturated heterocycles. The number of methoxy groups -OCH3 is 1. The summed E-state index contributed by atoms with van der Waals surface area (Å²) in [7, 11) is 2.95. The van der Waals surface area contributed by atoms with Crippen LogP contribution in [0.3, 0.4) is 0 Å². The molecule has 8 heteroatoms. The fourth-order valence-electron chi connectivity index (χ4n) is 1.62. The van der Waals surface area contributed by atoms with E-state index in [1.54, 1.807) is 24.3 Å². The lowest BCUT2D eigenvalue weighted by molar-refractivity contribution is 0.0842. The van der Waals surface area contributed by atoms with Crippen molar-refractivity contribution in [1.29, 1.82) is 0 Å². The first-order valence-electron chi connectivity index (χ1n) is 6.30. The van der Waals surface area contributed by atoms with Crippen molar-refractivity contribution >= 4 is 11.8 Å². The topological polar surface area (TPSA) is 102 Å². The van der Waals surface area contributed by atoms with Gasteiger partial charge >= 0.3 is 0 Å². The highest BCUT2D eigenvalue weighted by Gasteiger charge is 2.11. The number of nitrogens with zero attached hydrogens (tertiary/aromatic N) is 2. The Morgan fingerprint density at radius 3 is 2.27 bits per heavy atom. The second-order valence-corrected chi connectivity index (χ2v) is 4.32. The summed E-state index contributed by atoms with van der Waals surface area (Å²) in [6.45, 7) is 0. The number of carbonyl (C=O) groups is 2. The van der Waals surface area contributed by atoms with E-state index in [9.17, 15) is 14.4 Å². The molecule has 0 unspecified atom stereocenters. The molecule has 1 aromatic heterocycles. The maximum Gasteiger partial charge on any atom is 0.290 e. The predicted octanol–water partition coefficient (Wildman–Crippen LogP) is -0.136. The average molecular weight is 302 g/mol. The van der Waals surface area contributed by atoms with Gasteiger partial charge in [0.05, 0.1) is 7.11 Å². The molecule has 0 spiro atoms. The van der Waals surface area contributed by atoms with Gasteiger partial charge in [-0.05, 0) is 30.3 Å². The summed E-state index contributed by atoms with van der Waals surface area (Å²) in [6, 6.07) is 8.87. The fourth-order valence-corrected chi connectivity index (χ4v) is 1.62. The van der Waals surface area contributed by atoms with Crippen LogP contribution < -0.4 is 21.1 Å². The zero-order valence-electron chi connectivity index (χ0n) is 12.0. The van der Waals surface area contributed by atoms with E-state index in [4.69, 9.17) is 4.74 Å². The van der Waals surface area contributed by atoms with Crippen LogP contribution in [0.15, 0.2) is 41.2 Å². The van der Waals surface area contributed by atoms with Crippen LogP contribution in [-0.2, 0) is 7.05 Å². The number of aryl methyl sites for hydroxylation is 1. The average Bonchev–Trinajstić information content (AvgIpc) is 2.54. The van der Waals surface area contributed by atoms with Gasteiger partial charge in [-0.2, -0.15) is 5.10 Å².